The quantitative estimate of drug-likeness (QED) is 0.858. The maximum absolute atomic E-state index is 12.4. The Hall–Kier alpha value is -1.88. The molecule has 4 nitrogen and oxygen atoms in total. The summed E-state index contributed by atoms with van der Waals surface area (Å²) in [7, 11) is 1.65. The van der Waals surface area contributed by atoms with Crippen molar-refractivity contribution in [3.63, 3.8) is 0 Å². The molecule has 0 saturated heterocycles. The summed E-state index contributed by atoms with van der Waals surface area (Å²) in [4.78, 5) is 26.6. The molecule has 0 fully saturated rings. The third-order valence-electron chi connectivity index (χ3n) is 2.93. The number of rotatable bonds is 4. The molecule has 0 bridgehead atoms. The molecule has 0 aliphatic rings. The smallest absolute Gasteiger partial charge is 0.255 e. The zero-order valence-corrected chi connectivity index (χ0v) is 11.8. The molecule has 2 heterocycles. The van der Waals surface area contributed by atoms with E-state index >= 15 is 0 Å². The standard InChI is InChI=1S/C14H16N2O2S/c1-3-16(10-12-5-4-8-19-12)14(18)11-6-7-13(17)15(2)9-11/h4-9H,3,10H2,1-2H3. The summed E-state index contributed by atoms with van der Waals surface area (Å²) in [5.41, 5.74) is 0.429. The largest absolute Gasteiger partial charge is 0.334 e. The normalized spacial score (nSPS) is 10.4. The number of carbonyl (C=O) groups is 1. The predicted octanol–water partition coefficient (Wildman–Crippen LogP) is 2.11. The van der Waals surface area contributed by atoms with Crippen molar-refractivity contribution in [2.45, 2.75) is 13.5 Å². The second-order valence-electron chi connectivity index (χ2n) is 4.27. The lowest BCUT2D eigenvalue weighted by molar-refractivity contribution is 0.0753. The van der Waals surface area contributed by atoms with Gasteiger partial charge < -0.3 is 9.47 Å². The summed E-state index contributed by atoms with van der Waals surface area (Å²) in [5.74, 6) is -0.0495. The van der Waals surface area contributed by atoms with Gasteiger partial charge in [-0.05, 0) is 24.4 Å². The first-order valence-corrected chi connectivity index (χ1v) is 6.98. The molecule has 19 heavy (non-hydrogen) atoms. The highest BCUT2D eigenvalue weighted by atomic mass is 32.1. The van der Waals surface area contributed by atoms with Gasteiger partial charge in [0.25, 0.3) is 5.91 Å². The number of hydrogen-bond acceptors (Lipinski definition) is 3. The summed E-state index contributed by atoms with van der Waals surface area (Å²) in [6.45, 7) is 3.20. The lowest BCUT2D eigenvalue weighted by atomic mass is 10.2. The van der Waals surface area contributed by atoms with Crippen LogP contribution in [0.1, 0.15) is 22.2 Å². The van der Waals surface area contributed by atoms with E-state index in [1.807, 2.05) is 24.4 Å². The van der Waals surface area contributed by atoms with Crippen molar-refractivity contribution in [3.8, 4) is 0 Å². The number of hydrogen-bond donors (Lipinski definition) is 0. The van der Waals surface area contributed by atoms with Crippen molar-refractivity contribution in [2.75, 3.05) is 6.54 Å². The predicted molar refractivity (Wildman–Crippen MR) is 76.4 cm³/mol. The van der Waals surface area contributed by atoms with Gasteiger partial charge in [0.2, 0.25) is 5.56 Å². The van der Waals surface area contributed by atoms with Crippen molar-refractivity contribution in [1.82, 2.24) is 9.47 Å². The number of nitrogens with zero attached hydrogens (tertiary/aromatic N) is 2. The van der Waals surface area contributed by atoms with Crippen LogP contribution in [0.15, 0.2) is 40.6 Å². The molecule has 0 unspecified atom stereocenters. The average Bonchev–Trinajstić information content (AvgIpc) is 2.91. The lowest BCUT2D eigenvalue weighted by Crippen LogP contribution is -2.31. The van der Waals surface area contributed by atoms with E-state index in [2.05, 4.69) is 0 Å². The molecule has 0 aromatic carbocycles. The molecule has 2 aromatic heterocycles. The molecule has 0 atom stereocenters. The van der Waals surface area contributed by atoms with Gasteiger partial charge in [0.05, 0.1) is 12.1 Å². The Bertz CT molecular complexity index is 617. The first kappa shape index (κ1) is 13.5. The van der Waals surface area contributed by atoms with E-state index < -0.39 is 0 Å². The molecule has 1 amide bonds. The molecule has 0 aliphatic heterocycles. The van der Waals surface area contributed by atoms with Gasteiger partial charge in [-0.25, -0.2) is 0 Å². The number of aryl methyl sites for hydroxylation is 1. The van der Waals surface area contributed by atoms with Crippen molar-refractivity contribution in [2.24, 2.45) is 7.05 Å². The molecule has 2 rings (SSSR count). The first-order valence-electron chi connectivity index (χ1n) is 6.10. The van der Waals surface area contributed by atoms with E-state index in [9.17, 15) is 9.59 Å². The van der Waals surface area contributed by atoms with Gasteiger partial charge in [-0.15, -0.1) is 11.3 Å². The van der Waals surface area contributed by atoms with Crippen LogP contribution in [0.4, 0.5) is 0 Å². The molecule has 2 aromatic rings. The molecule has 5 heteroatoms. The Morgan fingerprint density at radius 2 is 2.16 bits per heavy atom. The van der Waals surface area contributed by atoms with E-state index in [1.54, 1.807) is 35.5 Å². The second-order valence-corrected chi connectivity index (χ2v) is 5.30. The van der Waals surface area contributed by atoms with Crippen LogP contribution in [0.2, 0.25) is 0 Å². The summed E-state index contributed by atoms with van der Waals surface area (Å²) in [5, 5.41) is 2.00. The molecule has 0 aliphatic carbocycles. The fourth-order valence-electron chi connectivity index (χ4n) is 1.82. The Morgan fingerprint density at radius 1 is 1.37 bits per heavy atom. The summed E-state index contributed by atoms with van der Waals surface area (Å²) in [6.07, 6.45) is 1.59. The summed E-state index contributed by atoms with van der Waals surface area (Å²) < 4.78 is 1.42. The second kappa shape index (κ2) is 5.84. The van der Waals surface area contributed by atoms with Gasteiger partial charge in [0.15, 0.2) is 0 Å². The Labute approximate surface area is 115 Å². The van der Waals surface area contributed by atoms with Crippen LogP contribution in [0.25, 0.3) is 0 Å². The van der Waals surface area contributed by atoms with Crippen LogP contribution in [-0.2, 0) is 13.6 Å². The van der Waals surface area contributed by atoms with Crippen LogP contribution in [-0.4, -0.2) is 21.9 Å². The summed E-state index contributed by atoms with van der Waals surface area (Å²) >= 11 is 1.64. The van der Waals surface area contributed by atoms with Gasteiger partial charge in [0.1, 0.15) is 0 Å². The van der Waals surface area contributed by atoms with Gasteiger partial charge in [0, 0.05) is 30.7 Å². The highest BCUT2D eigenvalue weighted by Crippen LogP contribution is 2.13. The van der Waals surface area contributed by atoms with Crippen LogP contribution in [0.3, 0.4) is 0 Å². The van der Waals surface area contributed by atoms with Crippen molar-refractivity contribution in [1.29, 1.82) is 0 Å². The Kier molecular flexibility index (Phi) is 4.16. The fraction of sp³-hybridized carbons (Fsp3) is 0.286. The van der Waals surface area contributed by atoms with Crippen LogP contribution in [0.5, 0.6) is 0 Å². The van der Waals surface area contributed by atoms with Crippen molar-refractivity contribution >= 4 is 17.2 Å². The third kappa shape index (κ3) is 3.12. The molecular formula is C14H16N2O2S. The molecule has 100 valence electrons. The summed E-state index contributed by atoms with van der Waals surface area (Å²) in [6, 6.07) is 7.00. The molecule has 0 N–H and O–H groups in total. The topological polar surface area (TPSA) is 42.3 Å². The van der Waals surface area contributed by atoms with E-state index in [0.717, 1.165) is 4.88 Å². The van der Waals surface area contributed by atoms with Crippen LogP contribution < -0.4 is 5.56 Å². The molecule has 0 saturated carbocycles. The minimum absolute atomic E-state index is 0.0495. The maximum Gasteiger partial charge on any atom is 0.255 e. The number of amides is 1. The molecule has 0 radical (unpaired) electrons. The zero-order chi connectivity index (χ0) is 13.8. The van der Waals surface area contributed by atoms with Gasteiger partial charge in [-0.2, -0.15) is 0 Å². The number of aromatic nitrogens is 1. The van der Waals surface area contributed by atoms with Crippen LogP contribution in [0, 0.1) is 0 Å². The highest BCUT2D eigenvalue weighted by Gasteiger charge is 2.15. The van der Waals surface area contributed by atoms with E-state index in [-0.39, 0.29) is 11.5 Å². The van der Waals surface area contributed by atoms with Gasteiger partial charge in [-0.1, -0.05) is 6.07 Å². The Morgan fingerprint density at radius 3 is 2.74 bits per heavy atom. The van der Waals surface area contributed by atoms with Crippen molar-refractivity contribution < 1.29 is 4.79 Å². The lowest BCUT2D eigenvalue weighted by Gasteiger charge is -2.20. The minimum atomic E-state index is -0.113. The number of thiophene rings is 1. The molecule has 0 spiro atoms. The maximum atomic E-state index is 12.4. The van der Waals surface area contributed by atoms with Gasteiger partial charge in [-0.3, -0.25) is 9.59 Å². The first-order chi connectivity index (χ1) is 9.11. The fourth-order valence-corrected chi connectivity index (χ4v) is 2.54. The van der Waals surface area contributed by atoms with Gasteiger partial charge >= 0.3 is 0 Å². The Balaban J connectivity index is 2.20. The van der Waals surface area contributed by atoms with Crippen LogP contribution >= 0.6 is 11.3 Å². The van der Waals surface area contributed by atoms with E-state index in [4.69, 9.17) is 0 Å². The zero-order valence-electron chi connectivity index (χ0n) is 11.0. The van der Waals surface area contributed by atoms with E-state index in [0.29, 0.717) is 18.7 Å². The monoisotopic (exact) mass is 276 g/mol. The highest BCUT2D eigenvalue weighted by molar-refractivity contribution is 7.09. The number of pyridine rings is 1. The average molecular weight is 276 g/mol. The minimum Gasteiger partial charge on any atom is -0.334 e. The van der Waals surface area contributed by atoms with E-state index in [1.165, 1.54) is 10.6 Å². The third-order valence-corrected chi connectivity index (χ3v) is 3.79. The number of carbonyl (C=O) groups excluding carboxylic acids is 1. The SMILES string of the molecule is CCN(Cc1cccs1)C(=O)c1ccc(=O)n(C)c1. The van der Waals surface area contributed by atoms with Crippen molar-refractivity contribution in [3.05, 3.63) is 56.6 Å². The molecular weight excluding hydrogens is 260 g/mol.